The normalized spacial score (nSPS) is 10.4. The molecule has 0 saturated carbocycles. The Bertz CT molecular complexity index is 541. The number of nitrogens with one attached hydrogen (secondary N) is 1. The summed E-state index contributed by atoms with van der Waals surface area (Å²) in [5.74, 6) is 0. The highest BCUT2D eigenvalue weighted by atomic mass is 127. The van der Waals surface area contributed by atoms with Gasteiger partial charge in [0.05, 0.1) is 0 Å². The SMILES string of the molecule is Cc1cc(C)cc(CNc2ccc(I)cc2C)c1. The second kappa shape index (κ2) is 5.74. The molecule has 0 aliphatic rings. The van der Waals surface area contributed by atoms with Gasteiger partial charge in [-0.25, -0.2) is 0 Å². The van der Waals surface area contributed by atoms with Crippen LogP contribution in [-0.2, 0) is 6.54 Å². The van der Waals surface area contributed by atoms with Crippen LogP contribution in [0.4, 0.5) is 5.69 Å². The van der Waals surface area contributed by atoms with Crippen molar-refractivity contribution < 1.29 is 0 Å². The zero-order valence-corrected chi connectivity index (χ0v) is 13.2. The Morgan fingerprint density at radius 1 is 0.944 bits per heavy atom. The van der Waals surface area contributed by atoms with Crippen LogP contribution in [0.1, 0.15) is 22.3 Å². The predicted octanol–water partition coefficient (Wildman–Crippen LogP) is 4.83. The molecule has 0 saturated heterocycles. The van der Waals surface area contributed by atoms with E-state index in [1.54, 1.807) is 0 Å². The molecule has 2 rings (SSSR count). The van der Waals surface area contributed by atoms with Crippen molar-refractivity contribution in [3.63, 3.8) is 0 Å². The lowest BCUT2D eigenvalue weighted by Gasteiger charge is -2.11. The minimum atomic E-state index is 0.879. The van der Waals surface area contributed by atoms with Gasteiger partial charge in [-0.15, -0.1) is 0 Å². The number of anilines is 1. The summed E-state index contributed by atoms with van der Waals surface area (Å²) in [6, 6.07) is 13.2. The van der Waals surface area contributed by atoms with Gasteiger partial charge in [-0.3, -0.25) is 0 Å². The van der Waals surface area contributed by atoms with Crippen LogP contribution >= 0.6 is 22.6 Å². The maximum atomic E-state index is 3.51. The van der Waals surface area contributed by atoms with E-state index < -0.39 is 0 Å². The Balaban J connectivity index is 2.11. The van der Waals surface area contributed by atoms with E-state index in [2.05, 4.69) is 85.1 Å². The van der Waals surface area contributed by atoms with Crippen molar-refractivity contribution >= 4 is 28.3 Å². The molecule has 0 atom stereocenters. The summed E-state index contributed by atoms with van der Waals surface area (Å²) >= 11 is 2.34. The van der Waals surface area contributed by atoms with Gasteiger partial charge in [-0.2, -0.15) is 0 Å². The highest BCUT2D eigenvalue weighted by Crippen LogP contribution is 2.19. The monoisotopic (exact) mass is 351 g/mol. The van der Waals surface area contributed by atoms with Crippen LogP contribution in [0.2, 0.25) is 0 Å². The van der Waals surface area contributed by atoms with Crippen molar-refractivity contribution in [1.82, 2.24) is 0 Å². The Kier molecular flexibility index (Phi) is 4.27. The van der Waals surface area contributed by atoms with Crippen LogP contribution in [-0.4, -0.2) is 0 Å². The summed E-state index contributed by atoms with van der Waals surface area (Å²) in [5.41, 5.74) is 6.50. The molecule has 0 aliphatic heterocycles. The Morgan fingerprint density at radius 3 is 2.22 bits per heavy atom. The zero-order chi connectivity index (χ0) is 13.1. The van der Waals surface area contributed by atoms with Gasteiger partial charge in [-0.1, -0.05) is 29.3 Å². The molecule has 2 aromatic carbocycles. The molecule has 0 spiro atoms. The number of halogens is 1. The van der Waals surface area contributed by atoms with Crippen molar-refractivity contribution in [3.8, 4) is 0 Å². The third kappa shape index (κ3) is 3.48. The quantitative estimate of drug-likeness (QED) is 0.781. The van der Waals surface area contributed by atoms with Gasteiger partial charge >= 0.3 is 0 Å². The molecule has 0 heterocycles. The second-order valence-electron chi connectivity index (χ2n) is 4.81. The fourth-order valence-electron chi connectivity index (χ4n) is 2.19. The molecular formula is C16H18IN. The van der Waals surface area contributed by atoms with Gasteiger partial charge in [0.1, 0.15) is 0 Å². The molecule has 0 bridgehead atoms. The predicted molar refractivity (Wildman–Crippen MR) is 87.1 cm³/mol. The van der Waals surface area contributed by atoms with Crippen molar-refractivity contribution in [2.45, 2.75) is 27.3 Å². The van der Waals surface area contributed by atoms with Crippen LogP contribution in [0.15, 0.2) is 36.4 Å². The maximum absolute atomic E-state index is 3.51. The molecule has 94 valence electrons. The Labute approximate surface area is 123 Å². The van der Waals surface area contributed by atoms with E-state index >= 15 is 0 Å². The number of benzene rings is 2. The van der Waals surface area contributed by atoms with Gasteiger partial charge in [0.15, 0.2) is 0 Å². The summed E-state index contributed by atoms with van der Waals surface area (Å²) in [7, 11) is 0. The minimum Gasteiger partial charge on any atom is -0.381 e. The molecule has 0 fully saturated rings. The maximum Gasteiger partial charge on any atom is 0.0401 e. The first kappa shape index (κ1) is 13.4. The zero-order valence-electron chi connectivity index (χ0n) is 11.0. The van der Waals surface area contributed by atoms with Gasteiger partial charge in [0.2, 0.25) is 0 Å². The van der Waals surface area contributed by atoms with E-state index in [0.29, 0.717) is 0 Å². The summed E-state index contributed by atoms with van der Waals surface area (Å²) in [5, 5.41) is 3.51. The van der Waals surface area contributed by atoms with Gasteiger partial charge in [0, 0.05) is 15.8 Å². The third-order valence-corrected chi connectivity index (χ3v) is 3.62. The van der Waals surface area contributed by atoms with Gasteiger partial charge in [0.25, 0.3) is 0 Å². The van der Waals surface area contributed by atoms with Crippen molar-refractivity contribution in [3.05, 3.63) is 62.2 Å². The lowest BCUT2D eigenvalue weighted by atomic mass is 10.1. The second-order valence-corrected chi connectivity index (χ2v) is 6.05. The first-order valence-corrected chi connectivity index (χ1v) is 7.19. The standard InChI is InChI=1S/C16H18IN/c1-11-6-12(2)8-14(7-11)10-18-16-5-4-15(17)9-13(16)3/h4-9,18H,10H2,1-3H3. The lowest BCUT2D eigenvalue weighted by Crippen LogP contribution is -2.01. The molecule has 2 heteroatoms. The third-order valence-electron chi connectivity index (χ3n) is 2.95. The van der Waals surface area contributed by atoms with E-state index in [4.69, 9.17) is 0 Å². The molecule has 0 aliphatic carbocycles. The van der Waals surface area contributed by atoms with E-state index in [0.717, 1.165) is 6.54 Å². The molecule has 2 aromatic rings. The number of rotatable bonds is 3. The average Bonchev–Trinajstić information content (AvgIpc) is 2.26. The average molecular weight is 351 g/mol. The lowest BCUT2D eigenvalue weighted by molar-refractivity contribution is 1.12. The topological polar surface area (TPSA) is 12.0 Å². The summed E-state index contributed by atoms with van der Waals surface area (Å²) in [6.07, 6.45) is 0. The highest BCUT2D eigenvalue weighted by molar-refractivity contribution is 14.1. The van der Waals surface area contributed by atoms with Crippen molar-refractivity contribution in [2.75, 3.05) is 5.32 Å². The molecule has 18 heavy (non-hydrogen) atoms. The number of hydrogen-bond donors (Lipinski definition) is 1. The van der Waals surface area contributed by atoms with Crippen LogP contribution < -0.4 is 5.32 Å². The largest absolute Gasteiger partial charge is 0.381 e. The number of hydrogen-bond acceptors (Lipinski definition) is 1. The molecule has 1 nitrogen and oxygen atoms in total. The van der Waals surface area contributed by atoms with Crippen LogP contribution in [0.25, 0.3) is 0 Å². The summed E-state index contributed by atoms with van der Waals surface area (Å²) in [4.78, 5) is 0. The van der Waals surface area contributed by atoms with Crippen molar-refractivity contribution in [1.29, 1.82) is 0 Å². The van der Waals surface area contributed by atoms with Crippen molar-refractivity contribution in [2.24, 2.45) is 0 Å². The first-order chi connectivity index (χ1) is 8.54. The molecule has 0 unspecified atom stereocenters. The van der Waals surface area contributed by atoms with Gasteiger partial charge < -0.3 is 5.32 Å². The summed E-state index contributed by atoms with van der Waals surface area (Å²) in [6.45, 7) is 7.31. The first-order valence-electron chi connectivity index (χ1n) is 6.12. The minimum absolute atomic E-state index is 0.879. The van der Waals surface area contributed by atoms with E-state index in [1.807, 2.05) is 0 Å². The van der Waals surface area contributed by atoms with E-state index in [-0.39, 0.29) is 0 Å². The molecule has 0 aromatic heterocycles. The van der Waals surface area contributed by atoms with Gasteiger partial charge in [-0.05, 0) is 72.7 Å². The molecule has 0 radical (unpaired) electrons. The fraction of sp³-hybridized carbons (Fsp3) is 0.250. The molecule has 0 amide bonds. The Hall–Kier alpha value is -1.03. The molecular weight excluding hydrogens is 333 g/mol. The van der Waals surface area contributed by atoms with E-state index in [1.165, 1.54) is 31.5 Å². The highest BCUT2D eigenvalue weighted by Gasteiger charge is 2.00. The van der Waals surface area contributed by atoms with Crippen LogP contribution in [0, 0.1) is 24.3 Å². The number of aryl methyl sites for hydroxylation is 3. The summed E-state index contributed by atoms with van der Waals surface area (Å²) < 4.78 is 1.28. The molecule has 1 N–H and O–H groups in total. The Morgan fingerprint density at radius 2 is 1.61 bits per heavy atom. The smallest absolute Gasteiger partial charge is 0.0401 e. The fourth-order valence-corrected chi connectivity index (χ4v) is 2.84. The van der Waals surface area contributed by atoms with Crippen LogP contribution in [0.3, 0.4) is 0 Å². The van der Waals surface area contributed by atoms with E-state index in [9.17, 15) is 0 Å². The van der Waals surface area contributed by atoms with Crippen LogP contribution in [0.5, 0.6) is 0 Å².